The molecule has 0 fully saturated rings. The minimum atomic E-state index is -3.47. The van der Waals surface area contributed by atoms with E-state index in [0.29, 0.717) is 17.9 Å². The molecule has 1 atom stereocenters. The number of para-hydroxylation sites is 1. The summed E-state index contributed by atoms with van der Waals surface area (Å²) in [6.07, 6.45) is 1.70. The Kier molecular flexibility index (Phi) is 3.51. The van der Waals surface area contributed by atoms with Crippen molar-refractivity contribution in [1.82, 2.24) is 5.43 Å². The number of rotatable bonds is 3. The lowest BCUT2D eigenvalue weighted by molar-refractivity contribution is 0.0482. The van der Waals surface area contributed by atoms with Crippen LogP contribution in [0.15, 0.2) is 18.2 Å². The second-order valence-electron chi connectivity index (χ2n) is 3.93. The van der Waals surface area contributed by atoms with Crippen LogP contribution in [0.4, 0.5) is 8.78 Å². The topological polar surface area (TPSA) is 47.3 Å². The molecule has 1 aromatic rings. The lowest BCUT2D eigenvalue weighted by Crippen LogP contribution is -2.38. The Morgan fingerprint density at radius 2 is 2.24 bits per heavy atom. The SMILES string of the molecule is NNC(c1cccc2c1OCCC2)C(F)(F)Cl. The molecule has 1 unspecified atom stereocenters. The van der Waals surface area contributed by atoms with Crippen LogP contribution in [0, 0.1) is 0 Å². The molecule has 0 saturated heterocycles. The lowest BCUT2D eigenvalue weighted by atomic mass is 9.98. The van der Waals surface area contributed by atoms with Gasteiger partial charge in [0.2, 0.25) is 0 Å². The summed E-state index contributed by atoms with van der Waals surface area (Å²) >= 11 is 5.04. The summed E-state index contributed by atoms with van der Waals surface area (Å²) in [6.45, 7) is 0.523. The van der Waals surface area contributed by atoms with Crippen molar-refractivity contribution in [3.63, 3.8) is 0 Å². The molecular weight excluding hydrogens is 250 g/mol. The number of aryl methyl sites for hydroxylation is 1. The van der Waals surface area contributed by atoms with Crippen molar-refractivity contribution in [2.45, 2.75) is 24.3 Å². The van der Waals surface area contributed by atoms with Crippen LogP contribution in [0.1, 0.15) is 23.6 Å². The highest BCUT2D eigenvalue weighted by molar-refractivity contribution is 6.22. The average Bonchev–Trinajstić information content (AvgIpc) is 2.28. The van der Waals surface area contributed by atoms with Gasteiger partial charge in [0.1, 0.15) is 11.8 Å². The number of halogens is 3. The maximum Gasteiger partial charge on any atom is 0.342 e. The van der Waals surface area contributed by atoms with E-state index in [9.17, 15) is 8.78 Å². The largest absolute Gasteiger partial charge is 0.493 e. The molecule has 0 aromatic heterocycles. The van der Waals surface area contributed by atoms with Crippen molar-refractivity contribution in [2.24, 2.45) is 5.84 Å². The predicted molar refractivity (Wildman–Crippen MR) is 61.1 cm³/mol. The van der Waals surface area contributed by atoms with E-state index >= 15 is 0 Å². The molecule has 0 saturated carbocycles. The number of hydrogen-bond acceptors (Lipinski definition) is 3. The van der Waals surface area contributed by atoms with Crippen molar-refractivity contribution in [2.75, 3.05) is 6.61 Å². The third-order valence-electron chi connectivity index (χ3n) is 2.77. The molecule has 1 aliphatic rings. The molecule has 0 radical (unpaired) electrons. The van der Waals surface area contributed by atoms with Crippen LogP contribution in [0.25, 0.3) is 0 Å². The predicted octanol–water partition coefficient (Wildman–Crippen LogP) is 2.35. The first kappa shape index (κ1) is 12.5. The molecule has 1 aliphatic heterocycles. The molecular formula is C11H13ClF2N2O. The Labute approximate surface area is 103 Å². The Bertz CT molecular complexity index is 409. The van der Waals surface area contributed by atoms with Gasteiger partial charge in [-0.25, -0.2) is 5.43 Å². The van der Waals surface area contributed by atoms with Crippen molar-refractivity contribution >= 4 is 11.6 Å². The Hall–Kier alpha value is -0.910. The second kappa shape index (κ2) is 4.76. The van der Waals surface area contributed by atoms with Gasteiger partial charge in [-0.1, -0.05) is 18.2 Å². The molecule has 94 valence electrons. The van der Waals surface area contributed by atoms with Gasteiger partial charge in [0.25, 0.3) is 0 Å². The molecule has 2 rings (SSSR count). The van der Waals surface area contributed by atoms with Crippen molar-refractivity contribution in [1.29, 1.82) is 0 Å². The summed E-state index contributed by atoms with van der Waals surface area (Å²) in [5, 5.41) is -3.47. The van der Waals surface area contributed by atoms with Gasteiger partial charge < -0.3 is 4.74 Å². The van der Waals surface area contributed by atoms with Gasteiger partial charge in [0.15, 0.2) is 0 Å². The normalized spacial score (nSPS) is 17.2. The highest BCUT2D eigenvalue weighted by atomic mass is 35.5. The number of alkyl halides is 3. The van der Waals surface area contributed by atoms with E-state index in [1.807, 2.05) is 11.5 Å². The van der Waals surface area contributed by atoms with Crippen LogP contribution in [0.5, 0.6) is 5.75 Å². The number of hydrogen-bond donors (Lipinski definition) is 2. The van der Waals surface area contributed by atoms with Crippen LogP contribution in [0.2, 0.25) is 0 Å². The van der Waals surface area contributed by atoms with Gasteiger partial charge in [-0.3, -0.25) is 5.84 Å². The summed E-state index contributed by atoms with van der Waals surface area (Å²) in [6, 6.07) is 3.65. The summed E-state index contributed by atoms with van der Waals surface area (Å²) in [5.74, 6) is 5.63. The molecule has 17 heavy (non-hydrogen) atoms. The minimum Gasteiger partial charge on any atom is -0.493 e. The molecule has 3 N–H and O–H groups in total. The number of nitrogens with one attached hydrogen (secondary N) is 1. The van der Waals surface area contributed by atoms with Crippen LogP contribution in [-0.2, 0) is 6.42 Å². The average molecular weight is 263 g/mol. The maximum atomic E-state index is 13.2. The fourth-order valence-corrected chi connectivity index (χ4v) is 2.18. The van der Waals surface area contributed by atoms with E-state index in [1.54, 1.807) is 12.1 Å². The van der Waals surface area contributed by atoms with Crippen molar-refractivity contribution < 1.29 is 13.5 Å². The van der Waals surface area contributed by atoms with Gasteiger partial charge in [-0.05, 0) is 30.0 Å². The molecule has 1 aromatic carbocycles. The molecule has 0 amide bonds. The Morgan fingerprint density at radius 1 is 1.47 bits per heavy atom. The van der Waals surface area contributed by atoms with Gasteiger partial charge in [-0.2, -0.15) is 8.78 Å². The molecule has 3 nitrogen and oxygen atoms in total. The van der Waals surface area contributed by atoms with Crippen LogP contribution < -0.4 is 16.0 Å². The zero-order chi connectivity index (χ0) is 12.5. The number of hydrazine groups is 1. The summed E-state index contributed by atoms with van der Waals surface area (Å²) in [5.41, 5.74) is 3.25. The molecule has 0 spiro atoms. The van der Waals surface area contributed by atoms with E-state index in [1.165, 1.54) is 0 Å². The van der Waals surface area contributed by atoms with Crippen LogP contribution in [0.3, 0.4) is 0 Å². The van der Waals surface area contributed by atoms with Gasteiger partial charge >= 0.3 is 5.38 Å². The molecule has 0 bridgehead atoms. The van der Waals surface area contributed by atoms with E-state index < -0.39 is 11.4 Å². The quantitative estimate of drug-likeness (QED) is 0.499. The first-order chi connectivity index (χ1) is 8.04. The number of benzene rings is 1. The van der Waals surface area contributed by atoms with E-state index in [0.717, 1.165) is 18.4 Å². The number of fused-ring (bicyclic) bond motifs is 1. The third-order valence-corrected chi connectivity index (χ3v) is 2.99. The first-order valence-electron chi connectivity index (χ1n) is 5.31. The second-order valence-corrected chi connectivity index (χ2v) is 4.43. The van der Waals surface area contributed by atoms with E-state index in [4.69, 9.17) is 22.2 Å². The highest BCUT2D eigenvalue weighted by Gasteiger charge is 2.40. The minimum absolute atomic E-state index is 0.296. The van der Waals surface area contributed by atoms with Crippen LogP contribution in [-0.4, -0.2) is 12.0 Å². The highest BCUT2D eigenvalue weighted by Crippen LogP contribution is 2.41. The summed E-state index contributed by atoms with van der Waals surface area (Å²) < 4.78 is 31.9. The van der Waals surface area contributed by atoms with E-state index in [2.05, 4.69) is 0 Å². The standard InChI is InChI=1S/C11H13ClF2N2O/c12-11(13,14)10(16-15)8-5-1-3-7-4-2-6-17-9(7)8/h1,3,5,10,16H,2,4,6,15H2. The first-order valence-corrected chi connectivity index (χ1v) is 5.69. The fraction of sp³-hybridized carbons (Fsp3) is 0.455. The molecule has 0 aliphatic carbocycles. The Balaban J connectivity index is 2.44. The van der Waals surface area contributed by atoms with Crippen LogP contribution >= 0.6 is 11.6 Å². The van der Waals surface area contributed by atoms with Gasteiger partial charge in [0.05, 0.1) is 6.61 Å². The lowest BCUT2D eigenvalue weighted by Gasteiger charge is -2.26. The number of nitrogens with two attached hydrogens (primary N) is 1. The van der Waals surface area contributed by atoms with Gasteiger partial charge in [-0.15, -0.1) is 0 Å². The molecule has 6 heteroatoms. The molecule has 1 heterocycles. The van der Waals surface area contributed by atoms with Gasteiger partial charge in [0, 0.05) is 5.56 Å². The zero-order valence-corrected chi connectivity index (χ0v) is 9.81. The summed E-state index contributed by atoms with van der Waals surface area (Å²) in [4.78, 5) is 0. The monoisotopic (exact) mass is 262 g/mol. The van der Waals surface area contributed by atoms with Crippen molar-refractivity contribution in [3.05, 3.63) is 29.3 Å². The number of ether oxygens (including phenoxy) is 1. The maximum absolute atomic E-state index is 13.2. The fourth-order valence-electron chi connectivity index (χ4n) is 2.00. The zero-order valence-electron chi connectivity index (χ0n) is 9.05. The smallest absolute Gasteiger partial charge is 0.342 e. The summed E-state index contributed by atoms with van der Waals surface area (Å²) in [7, 11) is 0. The van der Waals surface area contributed by atoms with Crippen molar-refractivity contribution in [3.8, 4) is 5.75 Å². The van der Waals surface area contributed by atoms with E-state index in [-0.39, 0.29) is 0 Å². The Morgan fingerprint density at radius 3 is 2.88 bits per heavy atom. The third kappa shape index (κ3) is 2.51.